The number of halogens is 1. The van der Waals surface area contributed by atoms with Crippen LogP contribution >= 0.6 is 0 Å². The summed E-state index contributed by atoms with van der Waals surface area (Å²) in [5.74, 6) is 6.21. The first-order valence-electron chi connectivity index (χ1n) is 10.4. The van der Waals surface area contributed by atoms with Crippen molar-refractivity contribution in [3.63, 3.8) is 0 Å². The molecule has 1 heterocycles. The Bertz CT molecular complexity index is 1200. The molecule has 0 aliphatic rings. The van der Waals surface area contributed by atoms with Gasteiger partial charge in [0.15, 0.2) is 0 Å². The topological polar surface area (TPSA) is 12.9 Å². The van der Waals surface area contributed by atoms with Crippen molar-refractivity contribution < 1.29 is 4.39 Å². The fraction of sp³-hybridized carbons (Fsp3) is 0.179. The molecule has 0 atom stereocenters. The van der Waals surface area contributed by atoms with E-state index in [0.29, 0.717) is 0 Å². The second-order valence-electron chi connectivity index (χ2n) is 7.56. The second-order valence-corrected chi connectivity index (χ2v) is 7.56. The lowest BCUT2D eigenvalue weighted by Gasteiger charge is -2.04. The molecule has 0 saturated heterocycles. The van der Waals surface area contributed by atoms with E-state index in [1.54, 1.807) is 12.1 Å². The minimum atomic E-state index is -0.217. The van der Waals surface area contributed by atoms with Crippen molar-refractivity contribution in [2.75, 3.05) is 0 Å². The highest BCUT2D eigenvalue weighted by Crippen LogP contribution is 2.17. The van der Waals surface area contributed by atoms with Gasteiger partial charge < -0.3 is 0 Å². The minimum absolute atomic E-state index is 0.217. The fourth-order valence-corrected chi connectivity index (χ4v) is 3.51. The molecule has 2 heteroatoms. The summed E-state index contributed by atoms with van der Waals surface area (Å²) in [6.45, 7) is 2.19. The molecule has 0 N–H and O–H groups in total. The van der Waals surface area contributed by atoms with Crippen LogP contribution in [0.1, 0.15) is 41.3 Å². The second kappa shape index (κ2) is 9.37. The van der Waals surface area contributed by atoms with E-state index in [0.717, 1.165) is 53.3 Å². The van der Waals surface area contributed by atoms with Crippen LogP contribution in [-0.2, 0) is 19.3 Å². The summed E-state index contributed by atoms with van der Waals surface area (Å²) < 4.78 is 13.3. The van der Waals surface area contributed by atoms with Crippen LogP contribution in [0.3, 0.4) is 0 Å². The summed E-state index contributed by atoms with van der Waals surface area (Å²) in [7, 11) is 0. The highest BCUT2D eigenvalue weighted by molar-refractivity contribution is 5.83. The van der Waals surface area contributed by atoms with Crippen molar-refractivity contribution in [2.24, 2.45) is 0 Å². The molecule has 30 heavy (non-hydrogen) atoms. The average molecular weight is 394 g/mol. The molecule has 0 unspecified atom stereocenters. The van der Waals surface area contributed by atoms with Crippen LogP contribution in [-0.4, -0.2) is 4.98 Å². The molecule has 0 saturated carbocycles. The Hall–Kier alpha value is -3.44. The van der Waals surface area contributed by atoms with Crippen LogP contribution in [0, 0.1) is 17.7 Å². The fourth-order valence-electron chi connectivity index (χ4n) is 3.51. The highest BCUT2D eigenvalue weighted by atomic mass is 19.1. The van der Waals surface area contributed by atoms with Crippen LogP contribution in [0.5, 0.6) is 0 Å². The summed E-state index contributed by atoms with van der Waals surface area (Å²) in [6.07, 6.45) is 6.15. The molecular formula is C28H24FN. The number of fused-ring (bicyclic) bond motifs is 1. The van der Waals surface area contributed by atoms with Gasteiger partial charge in [0.2, 0.25) is 0 Å². The largest absolute Gasteiger partial charge is 0.261 e. The maximum Gasteiger partial charge on any atom is 0.123 e. The van der Waals surface area contributed by atoms with Gasteiger partial charge in [-0.1, -0.05) is 55.5 Å². The highest BCUT2D eigenvalue weighted by Gasteiger charge is 2.00. The molecule has 0 fully saturated rings. The van der Waals surface area contributed by atoms with Gasteiger partial charge in [-0.2, -0.15) is 0 Å². The van der Waals surface area contributed by atoms with Crippen LogP contribution < -0.4 is 0 Å². The zero-order chi connectivity index (χ0) is 20.8. The Labute approximate surface area is 177 Å². The van der Waals surface area contributed by atoms with E-state index in [2.05, 4.69) is 60.1 Å². The number of benzene rings is 3. The number of hydrogen-bond acceptors (Lipinski definition) is 1. The molecule has 0 aliphatic carbocycles. The zero-order valence-corrected chi connectivity index (χ0v) is 17.2. The smallest absolute Gasteiger partial charge is 0.123 e. The predicted octanol–water partition coefficient (Wildman–Crippen LogP) is 6.51. The van der Waals surface area contributed by atoms with E-state index in [-0.39, 0.29) is 5.82 Å². The molecule has 4 rings (SSSR count). The Morgan fingerprint density at radius 1 is 0.700 bits per heavy atom. The van der Waals surface area contributed by atoms with Crippen molar-refractivity contribution in [3.05, 3.63) is 113 Å². The third-order valence-corrected chi connectivity index (χ3v) is 5.20. The Morgan fingerprint density at radius 3 is 2.17 bits per heavy atom. The zero-order valence-electron chi connectivity index (χ0n) is 17.2. The average Bonchev–Trinajstić information content (AvgIpc) is 2.78. The third kappa shape index (κ3) is 5.13. The maximum absolute atomic E-state index is 13.3. The van der Waals surface area contributed by atoms with Gasteiger partial charge in [-0.25, -0.2) is 4.39 Å². The lowest BCUT2D eigenvalue weighted by Crippen LogP contribution is -1.95. The molecule has 148 valence electrons. The first kappa shape index (κ1) is 19.9. The summed E-state index contributed by atoms with van der Waals surface area (Å²) in [6, 6.07) is 23.4. The predicted molar refractivity (Wildman–Crippen MR) is 122 cm³/mol. The van der Waals surface area contributed by atoms with E-state index < -0.39 is 0 Å². The molecule has 0 radical (unpaired) electrons. The van der Waals surface area contributed by atoms with Gasteiger partial charge in [-0.15, -0.1) is 0 Å². The van der Waals surface area contributed by atoms with Gasteiger partial charge in [0, 0.05) is 23.0 Å². The number of pyridine rings is 1. The van der Waals surface area contributed by atoms with Crippen molar-refractivity contribution in [3.8, 4) is 11.8 Å². The SMILES string of the molecule is CCCc1ccc(CCc2ccc(C#Cc3ccc4cc(F)ccc4c3)cc2)nc1. The molecule has 3 aromatic carbocycles. The third-order valence-electron chi connectivity index (χ3n) is 5.20. The first-order chi connectivity index (χ1) is 14.7. The van der Waals surface area contributed by atoms with Gasteiger partial charge in [-0.05, 0) is 83.6 Å². The number of aryl methyl sites for hydroxylation is 3. The number of aromatic nitrogens is 1. The van der Waals surface area contributed by atoms with Gasteiger partial charge in [0.05, 0.1) is 0 Å². The lowest BCUT2D eigenvalue weighted by atomic mass is 10.0. The standard InChI is InChI=1S/C28H24FN/c1-2-3-24-12-17-28(30-20-24)16-11-22-6-4-21(5-7-22)8-9-23-10-13-26-19-27(29)15-14-25(26)18-23/h4-7,10,12-15,17-20H,2-3,11,16H2,1H3. The van der Waals surface area contributed by atoms with Crippen molar-refractivity contribution >= 4 is 10.8 Å². The molecule has 1 nitrogen and oxygen atoms in total. The van der Waals surface area contributed by atoms with E-state index in [1.807, 2.05) is 24.4 Å². The number of nitrogens with zero attached hydrogens (tertiary/aromatic N) is 1. The molecule has 0 spiro atoms. The maximum atomic E-state index is 13.3. The summed E-state index contributed by atoms with van der Waals surface area (Å²) in [5.41, 5.74) is 5.64. The minimum Gasteiger partial charge on any atom is -0.261 e. The number of hydrogen-bond donors (Lipinski definition) is 0. The molecule has 0 amide bonds. The van der Waals surface area contributed by atoms with E-state index >= 15 is 0 Å². The summed E-state index contributed by atoms with van der Waals surface area (Å²) in [4.78, 5) is 4.58. The van der Waals surface area contributed by atoms with Crippen LogP contribution in [0.2, 0.25) is 0 Å². The molecule has 4 aromatic rings. The quantitative estimate of drug-likeness (QED) is 0.352. The van der Waals surface area contributed by atoms with E-state index in [1.165, 1.54) is 17.2 Å². The molecule has 0 bridgehead atoms. The van der Waals surface area contributed by atoms with Gasteiger partial charge >= 0.3 is 0 Å². The summed E-state index contributed by atoms with van der Waals surface area (Å²) in [5, 5.41) is 1.88. The molecule has 1 aromatic heterocycles. The van der Waals surface area contributed by atoms with Gasteiger partial charge in [0.1, 0.15) is 5.82 Å². The van der Waals surface area contributed by atoms with Crippen molar-refractivity contribution in [1.29, 1.82) is 0 Å². The van der Waals surface area contributed by atoms with Gasteiger partial charge in [0.25, 0.3) is 0 Å². The molecular weight excluding hydrogens is 369 g/mol. The van der Waals surface area contributed by atoms with E-state index in [4.69, 9.17) is 0 Å². The lowest BCUT2D eigenvalue weighted by molar-refractivity contribution is 0.630. The normalized spacial score (nSPS) is 10.6. The molecule has 0 aliphatic heterocycles. The van der Waals surface area contributed by atoms with Crippen LogP contribution in [0.25, 0.3) is 10.8 Å². The van der Waals surface area contributed by atoms with Crippen molar-refractivity contribution in [2.45, 2.75) is 32.6 Å². The Balaban J connectivity index is 1.38. The Morgan fingerprint density at radius 2 is 1.40 bits per heavy atom. The first-order valence-corrected chi connectivity index (χ1v) is 10.4. The van der Waals surface area contributed by atoms with Crippen LogP contribution in [0.15, 0.2) is 79.0 Å². The monoisotopic (exact) mass is 393 g/mol. The number of rotatable bonds is 5. The van der Waals surface area contributed by atoms with E-state index in [9.17, 15) is 4.39 Å². The summed E-state index contributed by atoms with van der Waals surface area (Å²) >= 11 is 0. The Kier molecular flexibility index (Phi) is 6.20. The van der Waals surface area contributed by atoms with Crippen LogP contribution in [0.4, 0.5) is 4.39 Å². The van der Waals surface area contributed by atoms with Gasteiger partial charge in [-0.3, -0.25) is 4.98 Å². The van der Waals surface area contributed by atoms with Crippen molar-refractivity contribution in [1.82, 2.24) is 4.98 Å².